The number of carbonyl (C=O) groups is 3. The zero-order valence-electron chi connectivity index (χ0n) is 58.0. The number of rotatable bonds is 21. The molecule has 6 fully saturated rings. The number of β-amino-alcohol motifs (C(OH)–C–C–N with tert-alkyl or cyclic N) is 1. The molecule has 6 heterocycles. The summed E-state index contributed by atoms with van der Waals surface area (Å²) < 4.78 is 77.5. The van der Waals surface area contributed by atoms with E-state index in [1.807, 2.05) is 20.8 Å². The first kappa shape index (κ1) is 108. The third-order valence-corrected chi connectivity index (χ3v) is 15.6. The van der Waals surface area contributed by atoms with Crippen LogP contribution in [0.15, 0.2) is 18.2 Å². The summed E-state index contributed by atoms with van der Waals surface area (Å²) in [5.41, 5.74) is -1.92. The number of carboxylic acid groups (broad SMARTS) is 3. The van der Waals surface area contributed by atoms with Crippen LogP contribution in [-0.2, 0) is 74.0 Å². The Morgan fingerprint density at radius 2 is 0.654 bits per heavy atom. The molecule has 0 spiro atoms. The Morgan fingerprint density at radius 1 is 0.439 bits per heavy atom. The molecule has 1 aromatic rings. The van der Waals surface area contributed by atoms with Crippen LogP contribution in [0.4, 0.5) is 0 Å². The normalized spacial score (nSPS) is 37.3. The van der Waals surface area contributed by atoms with Gasteiger partial charge in [-0.2, -0.15) is 8.42 Å². The standard InChI is InChI=1S/C13H21NO3.3C12H22O11.C6H8O7.3Na.H2O4S/c1-13(2,3)14-7-12(17)9-4-5-11(16)10(6-9)8-15;3*13-1-3-5(15)7(17)9(19)11(21-3)23-12-10(20)8(18)6(16)4(2-14)22-12;7-3(8)1-6(13,5(11)12)2-4(9)10;;;;1-5(2,3)4/h4-6,12,14-17H,7-8H2,1-3H3;3*3-20H,1-2H2;13H,1-2H2,(H,7,8)(H,9,10)(H,11,12);;;;(H2,1,2,3,4)/q;;;;;3*+1;/p-3/t;3*3-,4-,5-,6-,7+,8+,9-,10-,11-,12-;;;;;/m.111...../s1. The number of nitrogens with one attached hydrogen (secondary N) is 1. The first-order valence-corrected chi connectivity index (χ1v) is 32.1. The zero-order chi connectivity index (χ0) is 80.1. The largest absolute Gasteiger partial charge is 1.00 e. The van der Waals surface area contributed by atoms with Crippen molar-refractivity contribution in [3.05, 3.63) is 29.3 Å². The summed E-state index contributed by atoms with van der Waals surface area (Å²) in [6.45, 7) is 2.26. The van der Waals surface area contributed by atoms with E-state index in [0.717, 1.165) is 0 Å². The Hall–Kier alpha value is -1.18. The SMILES string of the molecule is CC(C)(C)NCC(O)c1ccc(O)c(CO)c1.O=C([O-])CC(O)(CC(=O)[O-])C(=O)[O-].O=S(=O)(O)O.OC[C@H]1O[C@H](O[C@H]2O[C@H](CO)[C@@H](O)[C@H](O)[C@H]2O)[C@H](O)[C@@H](O)[C@@H]1O.OC[C@H]1O[C@H](O[C@H]2O[C@H](CO)[C@@H](O)[C@H](O)[C@H]2O)[C@H](O)[C@@H](O)[C@@H]1O.OC[C@H]1O[C@H](O[C@H]2O[C@H](CO)[C@@H](O)[C@H](O)[C@H]2O)[C@H](O)[C@@H](O)[C@@H]1O.[Na+].[Na+].[Na+]. The van der Waals surface area contributed by atoms with Crippen LogP contribution in [0.2, 0.25) is 0 Å². The molecule has 31 atom stereocenters. The van der Waals surface area contributed by atoms with Gasteiger partial charge in [0.1, 0.15) is 158 Å². The van der Waals surface area contributed by atoms with Gasteiger partial charge in [-0.15, -0.1) is 0 Å². The molecule has 6 saturated heterocycles. The van der Waals surface area contributed by atoms with Crippen molar-refractivity contribution in [3.63, 3.8) is 0 Å². The van der Waals surface area contributed by atoms with Crippen LogP contribution in [0.1, 0.15) is 50.8 Å². The van der Waals surface area contributed by atoms with Gasteiger partial charge in [0.05, 0.1) is 58.3 Å². The van der Waals surface area contributed by atoms with Crippen LogP contribution in [0.25, 0.3) is 0 Å². The number of aliphatic carboxylic acids is 3. The second kappa shape index (κ2) is 49.7. The topological polar surface area (TPSA) is 857 Å². The maximum atomic E-state index is 10.1. The molecule has 31 N–H and O–H groups in total. The molecule has 0 amide bonds. The first-order valence-electron chi connectivity index (χ1n) is 30.7. The summed E-state index contributed by atoms with van der Waals surface area (Å²) >= 11 is 0. The van der Waals surface area contributed by atoms with E-state index in [2.05, 4.69) is 5.32 Å². The van der Waals surface area contributed by atoms with Crippen LogP contribution in [0.3, 0.4) is 0 Å². The van der Waals surface area contributed by atoms with E-state index < -0.39 is 277 Å². The molecule has 1 aromatic carbocycles. The quantitative estimate of drug-likeness (QED) is 0.0401. The van der Waals surface area contributed by atoms with Gasteiger partial charge < -0.3 is 221 Å². The molecule has 52 heteroatoms. The zero-order valence-corrected chi connectivity index (χ0v) is 64.8. The van der Waals surface area contributed by atoms with Gasteiger partial charge in [-0.05, 0) is 38.5 Å². The van der Waals surface area contributed by atoms with Gasteiger partial charge in [-0.25, -0.2) is 0 Å². The monoisotopic (exact) mass is 1620 g/mol. The van der Waals surface area contributed by atoms with Crippen LogP contribution >= 0.6 is 0 Å². The van der Waals surface area contributed by atoms with Gasteiger partial charge in [0.2, 0.25) is 0 Å². The number of phenols is 1. The molecule has 6 aliphatic heterocycles. The third-order valence-electron chi connectivity index (χ3n) is 15.6. The summed E-state index contributed by atoms with van der Waals surface area (Å²) in [6.07, 6.45) is -50.1. The molecular weight excluding hydrogens is 1530 g/mol. The predicted molar refractivity (Wildman–Crippen MR) is 316 cm³/mol. The Morgan fingerprint density at radius 3 is 0.822 bits per heavy atom. The number of carboxylic acids is 3. The maximum absolute atomic E-state index is 10.1. The minimum absolute atomic E-state index is 0. The maximum Gasteiger partial charge on any atom is 1.00 e. The Balaban J connectivity index is 0. The average Bonchev–Trinajstić information content (AvgIpc) is 0.798. The van der Waals surface area contributed by atoms with Gasteiger partial charge in [0.25, 0.3) is 0 Å². The van der Waals surface area contributed by atoms with Crippen molar-refractivity contribution in [1.29, 1.82) is 0 Å². The van der Waals surface area contributed by atoms with Crippen molar-refractivity contribution in [2.45, 2.75) is 242 Å². The smallest absolute Gasteiger partial charge is 0.550 e. The van der Waals surface area contributed by atoms with E-state index in [9.17, 15) is 132 Å². The minimum atomic E-state index is -4.67. The molecule has 0 saturated carbocycles. The Labute approximate surface area is 673 Å². The molecule has 107 heavy (non-hydrogen) atoms. The van der Waals surface area contributed by atoms with Crippen LogP contribution < -0.4 is 109 Å². The third kappa shape index (κ3) is 32.8. The van der Waals surface area contributed by atoms with Crippen LogP contribution in [-0.4, -0.2) is 420 Å². The fourth-order valence-electron chi connectivity index (χ4n) is 9.62. The second-order valence-corrected chi connectivity index (χ2v) is 25.5. The van der Waals surface area contributed by atoms with E-state index in [1.54, 1.807) is 12.1 Å². The van der Waals surface area contributed by atoms with Crippen molar-refractivity contribution in [2.75, 3.05) is 46.2 Å². The Kier molecular flexibility index (Phi) is 50.1. The molecule has 0 bridgehead atoms. The van der Waals surface area contributed by atoms with E-state index in [-0.39, 0.29) is 107 Å². The van der Waals surface area contributed by atoms with E-state index >= 15 is 0 Å². The minimum Gasteiger partial charge on any atom is -0.550 e. The van der Waals surface area contributed by atoms with Crippen molar-refractivity contribution < 1.29 is 322 Å². The molecule has 0 radical (unpaired) electrons. The number of hydrogen-bond acceptors (Lipinski definition) is 46. The number of ether oxygens (including phenoxy) is 9. The van der Waals surface area contributed by atoms with Gasteiger partial charge >= 0.3 is 99.1 Å². The van der Waals surface area contributed by atoms with Crippen molar-refractivity contribution in [1.82, 2.24) is 5.32 Å². The van der Waals surface area contributed by atoms with Crippen molar-refractivity contribution in [3.8, 4) is 5.75 Å². The summed E-state index contributed by atoms with van der Waals surface area (Å²) in [7, 11) is -4.67. The number of benzene rings is 1. The van der Waals surface area contributed by atoms with Gasteiger partial charge in [-0.3, -0.25) is 9.11 Å². The second-order valence-electron chi connectivity index (χ2n) is 24.6. The number of aliphatic hydroxyl groups is 27. The van der Waals surface area contributed by atoms with E-state index in [0.29, 0.717) is 17.7 Å². The first-order chi connectivity index (χ1) is 48.0. The molecular formula is C55H94NNa3O47S. The summed E-state index contributed by atoms with van der Waals surface area (Å²) in [5.74, 6) is -5.94. The molecule has 48 nitrogen and oxygen atoms in total. The molecule has 0 aromatic heterocycles. The number of aliphatic hydroxyl groups excluding tert-OH is 26. The summed E-state index contributed by atoms with van der Waals surface area (Å²) in [6, 6.07) is 4.76. The van der Waals surface area contributed by atoms with Gasteiger partial charge in [0, 0.05) is 42.4 Å². The number of aromatic hydroxyl groups is 1. The summed E-state index contributed by atoms with van der Waals surface area (Å²) in [5, 5.41) is 300. The summed E-state index contributed by atoms with van der Waals surface area (Å²) in [4.78, 5) is 30.0. The van der Waals surface area contributed by atoms with Crippen LogP contribution in [0.5, 0.6) is 5.75 Å². The Bertz CT molecular complexity index is 2510. The van der Waals surface area contributed by atoms with Crippen molar-refractivity contribution in [2.24, 2.45) is 0 Å². The fourth-order valence-corrected chi connectivity index (χ4v) is 9.62. The number of hydrogen-bond donors (Lipinski definition) is 31. The molecule has 7 rings (SSSR count). The van der Waals surface area contributed by atoms with Gasteiger partial charge in [-0.1, -0.05) is 6.07 Å². The van der Waals surface area contributed by atoms with E-state index in [4.69, 9.17) is 101 Å². The van der Waals surface area contributed by atoms with Gasteiger partial charge in [0.15, 0.2) is 37.7 Å². The fraction of sp³-hybridized carbons (Fsp3) is 0.836. The number of carbonyl (C=O) groups excluding carboxylic acids is 3. The predicted octanol–water partition coefficient (Wildman–Crippen LogP) is -29.8. The molecule has 1 unspecified atom stereocenters. The van der Waals surface area contributed by atoms with Crippen molar-refractivity contribution >= 4 is 28.3 Å². The van der Waals surface area contributed by atoms with E-state index in [1.165, 1.54) is 6.07 Å². The average molecular weight is 1620 g/mol. The van der Waals surface area contributed by atoms with Crippen LogP contribution in [0, 0.1) is 0 Å². The molecule has 610 valence electrons. The molecule has 0 aliphatic carbocycles. The molecule has 6 aliphatic rings.